The van der Waals surface area contributed by atoms with E-state index in [2.05, 4.69) is 9.80 Å². The van der Waals surface area contributed by atoms with Crippen LogP contribution in [-0.2, 0) is 14.6 Å². The van der Waals surface area contributed by atoms with Crippen LogP contribution in [0.5, 0.6) is 0 Å². The molecule has 7 heteroatoms. The van der Waals surface area contributed by atoms with Gasteiger partial charge in [0.2, 0.25) is 5.91 Å². The highest BCUT2D eigenvalue weighted by molar-refractivity contribution is 7.91. The van der Waals surface area contributed by atoms with E-state index in [-0.39, 0.29) is 29.5 Å². The van der Waals surface area contributed by atoms with Gasteiger partial charge in [-0.25, -0.2) is 8.42 Å². The lowest BCUT2D eigenvalue weighted by Gasteiger charge is -2.39. The van der Waals surface area contributed by atoms with E-state index in [1.54, 1.807) is 0 Å². The molecular weight excluding hydrogens is 362 g/mol. The summed E-state index contributed by atoms with van der Waals surface area (Å²) in [5.74, 6) is 0.588. The maximum absolute atomic E-state index is 13.2. The van der Waals surface area contributed by atoms with E-state index < -0.39 is 9.84 Å². The average molecular weight is 398 g/mol. The summed E-state index contributed by atoms with van der Waals surface area (Å²) in [4.78, 5) is 20.2. The van der Waals surface area contributed by atoms with Crippen molar-refractivity contribution in [2.24, 2.45) is 0 Å². The Labute approximate surface area is 164 Å². The third-order valence-corrected chi connectivity index (χ3v) is 8.93. The van der Waals surface area contributed by atoms with E-state index in [9.17, 15) is 13.2 Å². The summed E-state index contributed by atoms with van der Waals surface area (Å²) in [5.41, 5.74) is 0. The van der Waals surface area contributed by atoms with Crippen molar-refractivity contribution in [3.63, 3.8) is 0 Å². The second-order valence-electron chi connectivity index (χ2n) is 9.05. The summed E-state index contributed by atoms with van der Waals surface area (Å²) in [6, 6.07) is 0.871. The number of carbonyl (C=O) groups is 1. The minimum atomic E-state index is -2.97. The fraction of sp³-hybridized carbons (Fsp3) is 0.950. The molecule has 0 bridgehead atoms. The Morgan fingerprint density at radius 3 is 2.11 bits per heavy atom. The molecule has 4 aliphatic rings. The van der Waals surface area contributed by atoms with E-state index in [1.165, 1.54) is 25.9 Å². The Morgan fingerprint density at radius 1 is 0.852 bits per heavy atom. The van der Waals surface area contributed by atoms with Gasteiger partial charge < -0.3 is 9.80 Å². The van der Waals surface area contributed by atoms with Crippen molar-refractivity contribution in [3.8, 4) is 0 Å². The van der Waals surface area contributed by atoms with E-state index in [0.29, 0.717) is 19.0 Å². The molecule has 1 aliphatic carbocycles. The Morgan fingerprint density at radius 2 is 1.52 bits per heavy atom. The number of rotatable bonds is 5. The van der Waals surface area contributed by atoms with Gasteiger partial charge in [0.1, 0.15) is 0 Å². The van der Waals surface area contributed by atoms with Crippen LogP contribution in [0.15, 0.2) is 0 Å². The quantitative estimate of drug-likeness (QED) is 0.704. The lowest BCUT2D eigenvalue weighted by Crippen LogP contribution is -2.52. The lowest BCUT2D eigenvalue weighted by atomic mass is 10.0. The van der Waals surface area contributed by atoms with Gasteiger partial charge in [-0.3, -0.25) is 9.69 Å². The predicted molar refractivity (Wildman–Crippen MR) is 106 cm³/mol. The van der Waals surface area contributed by atoms with Gasteiger partial charge in [0.15, 0.2) is 9.84 Å². The first kappa shape index (κ1) is 19.6. The molecule has 154 valence electrons. The molecular formula is C20H35N3O3S. The number of hydrogen-bond donors (Lipinski definition) is 0. The first-order chi connectivity index (χ1) is 13.0. The standard InChI is InChI=1S/C20H35N3O3S/c24-20(15-21-12-7-17(8-13-21)22-10-3-4-11-22)23(18-5-1-2-6-18)19-9-14-27(25,26)16-19/h17-19H,1-16H2. The highest BCUT2D eigenvalue weighted by Gasteiger charge is 2.39. The molecule has 0 aromatic rings. The van der Waals surface area contributed by atoms with Crippen LogP contribution in [0.3, 0.4) is 0 Å². The van der Waals surface area contributed by atoms with Crippen LogP contribution in [0.4, 0.5) is 0 Å². The third-order valence-electron chi connectivity index (χ3n) is 7.18. The molecule has 3 saturated heterocycles. The Balaban J connectivity index is 1.34. The number of carbonyl (C=O) groups excluding carboxylic acids is 1. The molecule has 1 amide bonds. The molecule has 4 rings (SSSR count). The summed E-state index contributed by atoms with van der Waals surface area (Å²) in [5, 5.41) is 0. The van der Waals surface area contributed by atoms with Gasteiger partial charge in [0, 0.05) is 31.2 Å². The number of likely N-dealkylation sites (tertiary alicyclic amines) is 2. The number of hydrogen-bond acceptors (Lipinski definition) is 5. The van der Waals surface area contributed by atoms with Gasteiger partial charge in [0.05, 0.1) is 18.1 Å². The predicted octanol–water partition coefficient (Wildman–Crippen LogP) is 1.50. The zero-order chi connectivity index (χ0) is 18.9. The Bertz CT molecular complexity index is 618. The molecule has 4 fully saturated rings. The number of amides is 1. The molecule has 0 aromatic carbocycles. The van der Waals surface area contributed by atoms with Gasteiger partial charge in [0.25, 0.3) is 0 Å². The smallest absolute Gasteiger partial charge is 0.237 e. The van der Waals surface area contributed by atoms with Crippen LogP contribution < -0.4 is 0 Å². The van der Waals surface area contributed by atoms with E-state index in [4.69, 9.17) is 0 Å². The van der Waals surface area contributed by atoms with Crippen molar-refractivity contribution in [2.45, 2.75) is 75.9 Å². The molecule has 0 spiro atoms. The first-order valence-corrected chi connectivity index (χ1v) is 12.8. The normalized spacial score (nSPS) is 30.9. The number of piperidine rings is 1. The Hall–Kier alpha value is -0.660. The van der Waals surface area contributed by atoms with E-state index in [1.807, 2.05) is 4.90 Å². The minimum Gasteiger partial charge on any atom is -0.335 e. The van der Waals surface area contributed by atoms with Crippen molar-refractivity contribution in [3.05, 3.63) is 0 Å². The summed E-state index contributed by atoms with van der Waals surface area (Å²) in [6.45, 7) is 4.95. The van der Waals surface area contributed by atoms with Gasteiger partial charge in [-0.05, 0) is 58.0 Å². The topological polar surface area (TPSA) is 60.9 Å². The van der Waals surface area contributed by atoms with Crippen LogP contribution in [-0.4, -0.2) is 91.4 Å². The lowest BCUT2D eigenvalue weighted by molar-refractivity contribution is -0.137. The van der Waals surface area contributed by atoms with Crippen LogP contribution >= 0.6 is 0 Å². The maximum Gasteiger partial charge on any atom is 0.237 e. The average Bonchev–Trinajstić information content (AvgIpc) is 3.38. The highest BCUT2D eigenvalue weighted by Crippen LogP contribution is 2.29. The monoisotopic (exact) mass is 397 g/mol. The van der Waals surface area contributed by atoms with Gasteiger partial charge in [-0.15, -0.1) is 0 Å². The Kier molecular flexibility index (Phi) is 6.09. The summed E-state index contributed by atoms with van der Waals surface area (Å²) >= 11 is 0. The van der Waals surface area contributed by atoms with Crippen LogP contribution in [0, 0.1) is 0 Å². The summed E-state index contributed by atoms with van der Waals surface area (Å²) in [7, 11) is -2.97. The first-order valence-electron chi connectivity index (χ1n) is 11.0. The van der Waals surface area contributed by atoms with Gasteiger partial charge in [-0.2, -0.15) is 0 Å². The van der Waals surface area contributed by atoms with Crippen molar-refractivity contribution >= 4 is 15.7 Å². The molecule has 6 nitrogen and oxygen atoms in total. The number of sulfone groups is 1. The van der Waals surface area contributed by atoms with Crippen LogP contribution in [0.1, 0.15) is 57.8 Å². The molecule has 0 aromatic heterocycles. The summed E-state index contributed by atoms with van der Waals surface area (Å²) < 4.78 is 24.0. The fourth-order valence-electron chi connectivity index (χ4n) is 5.70. The van der Waals surface area contributed by atoms with Crippen LogP contribution in [0.2, 0.25) is 0 Å². The molecule has 1 atom stereocenters. The molecule has 3 aliphatic heterocycles. The maximum atomic E-state index is 13.2. The van der Waals surface area contributed by atoms with Gasteiger partial charge in [-0.1, -0.05) is 12.8 Å². The molecule has 1 saturated carbocycles. The van der Waals surface area contributed by atoms with Crippen LogP contribution in [0.25, 0.3) is 0 Å². The van der Waals surface area contributed by atoms with Crippen molar-refractivity contribution in [2.75, 3.05) is 44.2 Å². The molecule has 3 heterocycles. The zero-order valence-corrected chi connectivity index (χ0v) is 17.3. The third kappa shape index (κ3) is 4.67. The van der Waals surface area contributed by atoms with E-state index >= 15 is 0 Å². The molecule has 1 unspecified atom stereocenters. The van der Waals surface area contributed by atoms with E-state index in [0.717, 1.165) is 51.6 Å². The second-order valence-corrected chi connectivity index (χ2v) is 11.3. The molecule has 0 radical (unpaired) electrons. The number of nitrogens with zero attached hydrogens (tertiary/aromatic N) is 3. The minimum absolute atomic E-state index is 0.0901. The van der Waals surface area contributed by atoms with Crippen molar-refractivity contribution < 1.29 is 13.2 Å². The molecule has 27 heavy (non-hydrogen) atoms. The van der Waals surface area contributed by atoms with Crippen molar-refractivity contribution in [1.82, 2.24) is 14.7 Å². The fourth-order valence-corrected chi connectivity index (χ4v) is 7.42. The molecule has 0 N–H and O–H groups in total. The highest BCUT2D eigenvalue weighted by atomic mass is 32.2. The zero-order valence-electron chi connectivity index (χ0n) is 16.5. The largest absolute Gasteiger partial charge is 0.335 e. The SMILES string of the molecule is O=C(CN1CCC(N2CCCC2)CC1)N(C1CCCC1)C1CCS(=O)(=O)C1. The summed E-state index contributed by atoms with van der Waals surface area (Å²) in [6.07, 6.45) is 10.0. The van der Waals surface area contributed by atoms with Gasteiger partial charge >= 0.3 is 0 Å². The van der Waals surface area contributed by atoms with Crippen molar-refractivity contribution in [1.29, 1.82) is 0 Å². The second kappa shape index (κ2) is 8.37.